The number of carbonyl (C=O) groups is 1. The largest absolute Gasteiger partial charge is 0.497 e. The zero-order valence-electron chi connectivity index (χ0n) is 11.8. The molecule has 1 aromatic carbocycles. The van der Waals surface area contributed by atoms with Gasteiger partial charge in [-0.3, -0.25) is 4.79 Å². The number of carbonyl (C=O) groups excluding carboxylic acids is 1. The molecule has 21 heavy (non-hydrogen) atoms. The van der Waals surface area contributed by atoms with Gasteiger partial charge in [0.2, 0.25) is 0 Å². The molecule has 0 aliphatic carbocycles. The van der Waals surface area contributed by atoms with Crippen molar-refractivity contribution < 1.29 is 9.53 Å². The van der Waals surface area contributed by atoms with Crippen LogP contribution in [0, 0.1) is 0 Å². The van der Waals surface area contributed by atoms with Crippen LogP contribution in [0.1, 0.15) is 10.4 Å². The van der Waals surface area contributed by atoms with E-state index >= 15 is 0 Å². The van der Waals surface area contributed by atoms with E-state index in [2.05, 4.69) is 22.2 Å². The fourth-order valence-corrected chi connectivity index (χ4v) is 1.72. The number of aromatic nitrogens is 1. The van der Waals surface area contributed by atoms with Crippen molar-refractivity contribution in [3.05, 3.63) is 60.8 Å². The van der Waals surface area contributed by atoms with Crippen molar-refractivity contribution in [1.29, 1.82) is 0 Å². The number of nitrogens with zero attached hydrogens (tertiary/aromatic N) is 1. The first-order valence-corrected chi connectivity index (χ1v) is 6.49. The summed E-state index contributed by atoms with van der Waals surface area (Å²) in [5.74, 6) is 1.17. The molecule has 1 heterocycles. The lowest BCUT2D eigenvalue weighted by Gasteiger charge is -2.07. The fraction of sp³-hybridized carbons (Fsp3) is 0.125. The third-order valence-electron chi connectivity index (χ3n) is 2.78. The maximum Gasteiger partial charge on any atom is 0.255 e. The third-order valence-corrected chi connectivity index (χ3v) is 2.78. The standard InChI is InChI=1S/C16H17N3O2/c1-3-9-17-15-8-7-13(11-18-15)19-16(20)12-5-4-6-14(10-12)21-2/h3-8,10-11H,1,9H2,2H3,(H,17,18)(H,19,20). The van der Waals surface area contributed by atoms with Crippen molar-refractivity contribution in [2.45, 2.75) is 0 Å². The van der Waals surface area contributed by atoms with Crippen molar-refractivity contribution in [1.82, 2.24) is 4.98 Å². The van der Waals surface area contributed by atoms with E-state index in [1.54, 1.807) is 55.8 Å². The molecule has 1 aromatic heterocycles. The Bertz CT molecular complexity index is 624. The Kier molecular flexibility index (Phi) is 4.93. The van der Waals surface area contributed by atoms with Gasteiger partial charge < -0.3 is 15.4 Å². The summed E-state index contributed by atoms with van der Waals surface area (Å²) in [4.78, 5) is 16.3. The minimum atomic E-state index is -0.206. The van der Waals surface area contributed by atoms with Crippen molar-refractivity contribution in [3.63, 3.8) is 0 Å². The van der Waals surface area contributed by atoms with Crippen LogP contribution in [0.25, 0.3) is 0 Å². The minimum absolute atomic E-state index is 0.206. The summed E-state index contributed by atoms with van der Waals surface area (Å²) < 4.78 is 5.10. The molecule has 0 unspecified atom stereocenters. The Morgan fingerprint density at radius 3 is 2.90 bits per heavy atom. The number of hydrogen-bond acceptors (Lipinski definition) is 4. The van der Waals surface area contributed by atoms with Gasteiger partial charge in [0, 0.05) is 12.1 Å². The maximum atomic E-state index is 12.1. The van der Waals surface area contributed by atoms with E-state index in [1.807, 2.05) is 0 Å². The number of ether oxygens (including phenoxy) is 1. The zero-order valence-corrected chi connectivity index (χ0v) is 11.8. The van der Waals surface area contributed by atoms with Crippen LogP contribution in [0.3, 0.4) is 0 Å². The number of nitrogens with one attached hydrogen (secondary N) is 2. The van der Waals surface area contributed by atoms with E-state index in [9.17, 15) is 4.79 Å². The van der Waals surface area contributed by atoms with Crippen LogP contribution in [-0.2, 0) is 0 Å². The van der Waals surface area contributed by atoms with Gasteiger partial charge in [0.05, 0.1) is 19.0 Å². The Morgan fingerprint density at radius 1 is 1.38 bits per heavy atom. The van der Waals surface area contributed by atoms with E-state index in [4.69, 9.17) is 4.74 Å². The van der Waals surface area contributed by atoms with Crippen LogP contribution in [-0.4, -0.2) is 24.5 Å². The SMILES string of the molecule is C=CCNc1ccc(NC(=O)c2cccc(OC)c2)cn1. The Balaban J connectivity index is 2.03. The Labute approximate surface area is 123 Å². The molecule has 0 radical (unpaired) electrons. The molecule has 2 N–H and O–H groups in total. The maximum absolute atomic E-state index is 12.1. The number of rotatable bonds is 6. The molecule has 5 heteroatoms. The summed E-state index contributed by atoms with van der Waals surface area (Å²) in [5.41, 5.74) is 1.16. The second kappa shape index (κ2) is 7.09. The molecule has 0 fully saturated rings. The quantitative estimate of drug-likeness (QED) is 0.800. The van der Waals surface area contributed by atoms with Gasteiger partial charge in [0.25, 0.3) is 5.91 Å². The molecule has 0 saturated heterocycles. The first-order chi connectivity index (χ1) is 10.2. The van der Waals surface area contributed by atoms with Crippen molar-refractivity contribution in [2.24, 2.45) is 0 Å². The summed E-state index contributed by atoms with van der Waals surface area (Å²) in [5, 5.41) is 5.85. The van der Waals surface area contributed by atoms with Crippen LogP contribution in [0.5, 0.6) is 5.75 Å². The highest BCUT2D eigenvalue weighted by Gasteiger charge is 2.07. The molecule has 0 aliphatic heterocycles. The molecule has 2 rings (SSSR count). The van der Waals surface area contributed by atoms with E-state index in [-0.39, 0.29) is 5.91 Å². The highest BCUT2D eigenvalue weighted by molar-refractivity contribution is 6.04. The Morgan fingerprint density at radius 2 is 2.24 bits per heavy atom. The molecule has 1 amide bonds. The normalized spacial score (nSPS) is 9.76. The van der Waals surface area contributed by atoms with Crippen LogP contribution < -0.4 is 15.4 Å². The number of benzene rings is 1. The molecule has 0 bridgehead atoms. The molecule has 0 spiro atoms. The van der Waals surface area contributed by atoms with Gasteiger partial charge in [-0.05, 0) is 30.3 Å². The van der Waals surface area contributed by atoms with Crippen LogP contribution in [0.2, 0.25) is 0 Å². The van der Waals surface area contributed by atoms with Gasteiger partial charge in [0.1, 0.15) is 11.6 Å². The molecule has 0 atom stereocenters. The average Bonchev–Trinajstić information content (AvgIpc) is 2.54. The summed E-state index contributed by atoms with van der Waals surface area (Å²) in [6.07, 6.45) is 3.35. The van der Waals surface area contributed by atoms with Crippen LogP contribution in [0.15, 0.2) is 55.3 Å². The van der Waals surface area contributed by atoms with Crippen LogP contribution in [0.4, 0.5) is 11.5 Å². The van der Waals surface area contributed by atoms with Crippen LogP contribution >= 0.6 is 0 Å². The second-order valence-electron chi connectivity index (χ2n) is 4.29. The Hall–Kier alpha value is -2.82. The van der Waals surface area contributed by atoms with E-state index in [0.717, 1.165) is 5.82 Å². The smallest absolute Gasteiger partial charge is 0.255 e. The highest BCUT2D eigenvalue weighted by Crippen LogP contribution is 2.15. The van der Waals surface area contributed by atoms with Gasteiger partial charge in [-0.2, -0.15) is 0 Å². The summed E-state index contributed by atoms with van der Waals surface area (Å²) in [6, 6.07) is 10.6. The van der Waals surface area contributed by atoms with Gasteiger partial charge in [-0.15, -0.1) is 6.58 Å². The number of amides is 1. The van der Waals surface area contributed by atoms with E-state index in [0.29, 0.717) is 23.5 Å². The lowest BCUT2D eigenvalue weighted by atomic mass is 10.2. The first kappa shape index (κ1) is 14.6. The van der Waals surface area contributed by atoms with Crippen molar-refractivity contribution in [2.75, 3.05) is 24.3 Å². The highest BCUT2D eigenvalue weighted by atomic mass is 16.5. The van der Waals surface area contributed by atoms with Crippen molar-refractivity contribution >= 4 is 17.4 Å². The molecule has 108 valence electrons. The summed E-state index contributed by atoms with van der Waals surface area (Å²) in [7, 11) is 1.57. The van der Waals surface area contributed by atoms with Crippen molar-refractivity contribution in [3.8, 4) is 5.75 Å². The number of pyridine rings is 1. The minimum Gasteiger partial charge on any atom is -0.497 e. The molecule has 2 aromatic rings. The third kappa shape index (κ3) is 4.07. The number of anilines is 2. The molecule has 0 saturated carbocycles. The summed E-state index contributed by atoms with van der Waals surface area (Å²) in [6.45, 7) is 4.26. The van der Waals surface area contributed by atoms with E-state index < -0.39 is 0 Å². The number of methoxy groups -OCH3 is 1. The van der Waals surface area contributed by atoms with Gasteiger partial charge in [-0.1, -0.05) is 12.1 Å². The fourth-order valence-electron chi connectivity index (χ4n) is 1.72. The average molecular weight is 283 g/mol. The zero-order chi connectivity index (χ0) is 15.1. The second-order valence-corrected chi connectivity index (χ2v) is 4.29. The lowest BCUT2D eigenvalue weighted by molar-refractivity contribution is 0.102. The van der Waals surface area contributed by atoms with Gasteiger partial charge in [-0.25, -0.2) is 4.98 Å². The predicted octanol–water partition coefficient (Wildman–Crippen LogP) is 2.94. The first-order valence-electron chi connectivity index (χ1n) is 6.49. The van der Waals surface area contributed by atoms with Gasteiger partial charge in [0.15, 0.2) is 0 Å². The molecular formula is C16H17N3O2. The molecule has 5 nitrogen and oxygen atoms in total. The topological polar surface area (TPSA) is 63.2 Å². The number of hydrogen-bond donors (Lipinski definition) is 2. The summed E-state index contributed by atoms with van der Waals surface area (Å²) >= 11 is 0. The lowest BCUT2D eigenvalue weighted by Crippen LogP contribution is -2.12. The molecule has 0 aliphatic rings. The molecular weight excluding hydrogens is 266 g/mol. The van der Waals surface area contributed by atoms with E-state index in [1.165, 1.54) is 0 Å². The van der Waals surface area contributed by atoms with Gasteiger partial charge >= 0.3 is 0 Å². The monoisotopic (exact) mass is 283 g/mol. The predicted molar refractivity (Wildman–Crippen MR) is 83.9 cm³/mol.